The van der Waals surface area contributed by atoms with E-state index in [-0.39, 0.29) is 0 Å². The van der Waals surface area contributed by atoms with Crippen molar-refractivity contribution >= 4 is 33.8 Å². The minimum Gasteiger partial charge on any atom is -0.378 e. The summed E-state index contributed by atoms with van der Waals surface area (Å²) in [7, 11) is 0. The standard InChI is InChI=1S/C28H23N3O2/c32-27(21-10-2-1-3-11-21)28(33)30-29-17-23-19-31(26-16-7-6-15-25(23)26)18-22-13-8-12-20-9-4-5-14-24(20)22/h1-17,19,27,32H,18H2,(H,30,33)/b29-17-/t27-/m1/s1. The van der Waals surface area contributed by atoms with Gasteiger partial charge in [0.1, 0.15) is 0 Å². The monoisotopic (exact) mass is 433 g/mol. The molecule has 0 radical (unpaired) electrons. The molecule has 4 aromatic carbocycles. The number of fused-ring (bicyclic) bond motifs is 2. The summed E-state index contributed by atoms with van der Waals surface area (Å²) in [5.74, 6) is -0.572. The molecule has 0 aliphatic rings. The average Bonchev–Trinajstić information content (AvgIpc) is 3.21. The summed E-state index contributed by atoms with van der Waals surface area (Å²) in [6, 6.07) is 31.6. The van der Waals surface area contributed by atoms with Gasteiger partial charge in [-0.2, -0.15) is 5.10 Å². The Bertz CT molecular complexity index is 1450. The number of benzene rings is 4. The highest BCUT2D eigenvalue weighted by atomic mass is 16.3. The van der Waals surface area contributed by atoms with Gasteiger partial charge in [0, 0.05) is 29.2 Å². The van der Waals surface area contributed by atoms with Gasteiger partial charge in [-0.15, -0.1) is 0 Å². The van der Waals surface area contributed by atoms with Crippen LogP contribution in [0.3, 0.4) is 0 Å². The maximum Gasteiger partial charge on any atom is 0.273 e. The van der Waals surface area contributed by atoms with Crippen molar-refractivity contribution in [3.05, 3.63) is 120 Å². The van der Waals surface area contributed by atoms with Crippen molar-refractivity contribution in [3.63, 3.8) is 0 Å². The molecule has 5 heteroatoms. The highest BCUT2D eigenvalue weighted by Gasteiger charge is 2.16. The molecule has 5 rings (SSSR count). The van der Waals surface area contributed by atoms with E-state index in [2.05, 4.69) is 63.6 Å². The van der Waals surface area contributed by atoms with Gasteiger partial charge in [-0.3, -0.25) is 4.79 Å². The zero-order valence-electron chi connectivity index (χ0n) is 17.9. The van der Waals surface area contributed by atoms with Gasteiger partial charge in [-0.25, -0.2) is 5.43 Å². The quantitative estimate of drug-likeness (QED) is 0.291. The Morgan fingerprint density at radius 1 is 0.879 bits per heavy atom. The smallest absolute Gasteiger partial charge is 0.273 e. The third-order valence-electron chi connectivity index (χ3n) is 5.78. The van der Waals surface area contributed by atoms with Crippen LogP contribution in [0.5, 0.6) is 0 Å². The summed E-state index contributed by atoms with van der Waals surface area (Å²) in [4.78, 5) is 12.3. The maximum absolute atomic E-state index is 12.3. The highest BCUT2D eigenvalue weighted by Crippen LogP contribution is 2.24. The van der Waals surface area contributed by atoms with Crippen molar-refractivity contribution in [2.75, 3.05) is 0 Å². The van der Waals surface area contributed by atoms with Crippen molar-refractivity contribution in [3.8, 4) is 0 Å². The zero-order chi connectivity index (χ0) is 22.6. The number of nitrogens with one attached hydrogen (secondary N) is 1. The topological polar surface area (TPSA) is 66.6 Å². The van der Waals surface area contributed by atoms with Crippen molar-refractivity contribution < 1.29 is 9.90 Å². The van der Waals surface area contributed by atoms with E-state index in [1.54, 1.807) is 30.5 Å². The molecule has 0 bridgehead atoms. The molecular formula is C28H23N3O2. The van der Waals surface area contributed by atoms with Crippen LogP contribution in [0.15, 0.2) is 108 Å². The van der Waals surface area contributed by atoms with Crippen molar-refractivity contribution in [1.29, 1.82) is 0 Å². The number of aromatic nitrogens is 1. The molecule has 1 aromatic heterocycles. The molecule has 162 valence electrons. The lowest BCUT2D eigenvalue weighted by molar-refractivity contribution is -0.129. The van der Waals surface area contributed by atoms with Crippen LogP contribution in [0.1, 0.15) is 22.8 Å². The van der Waals surface area contributed by atoms with Gasteiger partial charge in [0.2, 0.25) is 0 Å². The van der Waals surface area contributed by atoms with Gasteiger partial charge >= 0.3 is 0 Å². The Morgan fingerprint density at radius 2 is 1.58 bits per heavy atom. The number of para-hydroxylation sites is 1. The largest absolute Gasteiger partial charge is 0.378 e. The fourth-order valence-electron chi connectivity index (χ4n) is 4.14. The first-order chi connectivity index (χ1) is 16.2. The van der Waals surface area contributed by atoms with Crippen molar-refractivity contribution in [1.82, 2.24) is 9.99 Å². The Balaban J connectivity index is 1.40. The molecule has 5 nitrogen and oxygen atoms in total. The number of aliphatic hydroxyl groups is 1. The normalized spacial score (nSPS) is 12.4. The Labute approximate surface area is 191 Å². The van der Waals surface area contributed by atoms with Gasteiger partial charge in [0.15, 0.2) is 6.10 Å². The molecule has 0 fully saturated rings. The summed E-state index contributed by atoms with van der Waals surface area (Å²) in [6.45, 7) is 0.717. The zero-order valence-corrected chi connectivity index (χ0v) is 17.9. The molecular weight excluding hydrogens is 410 g/mol. The maximum atomic E-state index is 12.3. The lowest BCUT2D eigenvalue weighted by atomic mass is 10.0. The number of aliphatic hydroxyl groups excluding tert-OH is 1. The van der Waals surface area contributed by atoms with Gasteiger partial charge in [0.05, 0.1) is 6.21 Å². The predicted octanol–water partition coefficient (Wildman–Crippen LogP) is 5.03. The van der Waals surface area contributed by atoms with Crippen LogP contribution in [0.25, 0.3) is 21.7 Å². The molecule has 0 aliphatic carbocycles. The van der Waals surface area contributed by atoms with Gasteiger partial charge in [-0.1, -0.05) is 91.0 Å². The Hall–Kier alpha value is -4.22. The molecule has 33 heavy (non-hydrogen) atoms. The van der Waals surface area contributed by atoms with E-state index in [1.165, 1.54) is 16.3 Å². The first-order valence-corrected chi connectivity index (χ1v) is 10.8. The number of amides is 1. The molecule has 1 amide bonds. The summed E-state index contributed by atoms with van der Waals surface area (Å²) in [6.07, 6.45) is 2.39. The van der Waals surface area contributed by atoms with E-state index in [9.17, 15) is 9.90 Å². The lowest BCUT2D eigenvalue weighted by Crippen LogP contribution is -2.25. The number of carbonyl (C=O) groups excluding carboxylic acids is 1. The number of hydrazone groups is 1. The molecule has 5 aromatic rings. The summed E-state index contributed by atoms with van der Waals surface area (Å²) >= 11 is 0. The second-order valence-corrected chi connectivity index (χ2v) is 7.92. The molecule has 1 heterocycles. The molecule has 2 N–H and O–H groups in total. The third kappa shape index (κ3) is 4.27. The van der Waals surface area contributed by atoms with Crippen LogP contribution < -0.4 is 5.43 Å². The first kappa shape index (κ1) is 20.7. The van der Waals surface area contributed by atoms with Gasteiger partial charge < -0.3 is 9.67 Å². The van der Waals surface area contributed by atoms with Crippen molar-refractivity contribution in [2.24, 2.45) is 5.10 Å². The molecule has 0 saturated heterocycles. The molecule has 0 saturated carbocycles. The second-order valence-electron chi connectivity index (χ2n) is 7.92. The van der Waals surface area contributed by atoms with Gasteiger partial charge in [-0.05, 0) is 28.0 Å². The van der Waals surface area contributed by atoms with E-state index in [0.717, 1.165) is 23.0 Å². The lowest BCUT2D eigenvalue weighted by Gasteiger charge is -2.09. The Morgan fingerprint density at radius 3 is 2.42 bits per heavy atom. The summed E-state index contributed by atoms with van der Waals surface area (Å²) in [5, 5.41) is 17.8. The minimum absolute atomic E-state index is 0.525. The summed E-state index contributed by atoms with van der Waals surface area (Å²) in [5.41, 5.74) is 6.18. The van der Waals surface area contributed by atoms with Crippen LogP contribution in [0.2, 0.25) is 0 Å². The molecule has 0 unspecified atom stereocenters. The number of hydrogen-bond donors (Lipinski definition) is 2. The number of hydrogen-bond acceptors (Lipinski definition) is 3. The third-order valence-corrected chi connectivity index (χ3v) is 5.78. The van der Waals surface area contributed by atoms with Crippen LogP contribution >= 0.6 is 0 Å². The van der Waals surface area contributed by atoms with E-state index in [1.807, 2.05) is 30.5 Å². The molecule has 1 atom stereocenters. The van der Waals surface area contributed by atoms with Gasteiger partial charge in [0.25, 0.3) is 5.91 Å². The van der Waals surface area contributed by atoms with E-state index in [0.29, 0.717) is 5.56 Å². The first-order valence-electron chi connectivity index (χ1n) is 10.8. The number of carbonyl (C=O) groups is 1. The average molecular weight is 434 g/mol. The highest BCUT2D eigenvalue weighted by molar-refractivity contribution is 6.00. The van der Waals surface area contributed by atoms with Crippen LogP contribution in [-0.2, 0) is 11.3 Å². The van der Waals surface area contributed by atoms with Crippen molar-refractivity contribution in [2.45, 2.75) is 12.6 Å². The predicted molar refractivity (Wildman–Crippen MR) is 132 cm³/mol. The van der Waals surface area contributed by atoms with Crippen LogP contribution in [-0.4, -0.2) is 21.8 Å². The fourth-order valence-corrected chi connectivity index (χ4v) is 4.14. The minimum atomic E-state index is -1.27. The Kier molecular flexibility index (Phi) is 5.70. The van der Waals surface area contributed by atoms with E-state index >= 15 is 0 Å². The second kappa shape index (κ2) is 9.10. The van der Waals surface area contributed by atoms with Crippen LogP contribution in [0.4, 0.5) is 0 Å². The SMILES string of the molecule is O=C(N/N=C\c1cn(Cc2cccc3ccccc23)c2ccccc12)[C@H](O)c1ccccc1. The van der Waals surface area contributed by atoms with E-state index < -0.39 is 12.0 Å². The fraction of sp³-hybridized carbons (Fsp3) is 0.0714. The summed E-state index contributed by atoms with van der Waals surface area (Å²) < 4.78 is 2.19. The molecule has 0 spiro atoms. The molecule has 0 aliphatic heterocycles. The van der Waals surface area contributed by atoms with Crippen LogP contribution in [0, 0.1) is 0 Å². The number of rotatable bonds is 6. The van der Waals surface area contributed by atoms with E-state index in [4.69, 9.17) is 0 Å². The number of nitrogens with zero attached hydrogens (tertiary/aromatic N) is 2.